The number of carbonyl (C=O) groups is 1. The summed E-state index contributed by atoms with van der Waals surface area (Å²) in [4.78, 5) is 16.7. The first kappa shape index (κ1) is 12.7. The highest BCUT2D eigenvalue weighted by Crippen LogP contribution is 2.25. The maximum atomic E-state index is 12.2. The molecule has 3 rings (SSSR count). The predicted molar refractivity (Wildman–Crippen MR) is 77.5 cm³/mol. The van der Waals surface area contributed by atoms with Gasteiger partial charge in [0.2, 0.25) is 0 Å². The average molecular weight is 286 g/mol. The lowest BCUT2D eigenvalue weighted by Crippen LogP contribution is -2.25. The van der Waals surface area contributed by atoms with E-state index in [1.54, 1.807) is 36.4 Å². The molecule has 1 atom stereocenters. The summed E-state index contributed by atoms with van der Waals surface area (Å²) in [5, 5.41) is 1.29. The van der Waals surface area contributed by atoms with Crippen LogP contribution in [0.1, 0.15) is 10.4 Å². The fraction of sp³-hybridized carbons (Fsp3) is 0. The molecule has 0 fully saturated rings. The molecule has 0 aliphatic rings. The number of hydrogen-bond acceptors (Lipinski definition) is 3. The number of benzene rings is 2. The Morgan fingerprint density at radius 1 is 1.00 bits per heavy atom. The minimum Gasteiger partial charge on any atom is -0.289 e. The van der Waals surface area contributed by atoms with Crippen molar-refractivity contribution in [1.29, 1.82) is 0 Å². The largest absolute Gasteiger partial charge is 0.289 e. The minimum absolute atomic E-state index is 0.355. The van der Waals surface area contributed by atoms with Crippen LogP contribution < -0.4 is 4.72 Å². The lowest BCUT2D eigenvalue weighted by molar-refractivity contribution is 0.0984. The number of carbonyl (C=O) groups excluding carboxylic acids is 1. The summed E-state index contributed by atoms with van der Waals surface area (Å²) >= 11 is -2.40. The molecular weight excluding hydrogens is 276 g/mol. The molecule has 1 aromatic heterocycles. The van der Waals surface area contributed by atoms with Crippen molar-refractivity contribution in [2.75, 3.05) is 0 Å². The Labute approximate surface area is 117 Å². The first-order valence-electron chi connectivity index (χ1n) is 5.86. The fourth-order valence-electron chi connectivity index (χ4n) is 2.21. The second-order valence-corrected chi connectivity index (χ2v) is 4.90. The number of rotatable bonds is 2. The van der Waals surface area contributed by atoms with Gasteiger partial charge in [-0.1, -0.05) is 36.4 Å². The Morgan fingerprint density at radius 2 is 1.50 bits per heavy atom. The van der Waals surface area contributed by atoms with E-state index in [0.29, 0.717) is 27.4 Å². The summed E-state index contributed by atoms with van der Waals surface area (Å²) in [6.07, 6.45) is 0. The van der Waals surface area contributed by atoms with Gasteiger partial charge in [-0.2, -0.15) is 0 Å². The van der Waals surface area contributed by atoms with Gasteiger partial charge in [-0.3, -0.25) is 9.35 Å². The minimum atomic E-state index is -2.40. The zero-order chi connectivity index (χ0) is 14.1. The SMILES string of the molecule is O=C(NS(=O)O)c1c2ccccc2nc2ccccc12. The van der Waals surface area contributed by atoms with Gasteiger partial charge in [-0.05, 0) is 12.1 Å². The van der Waals surface area contributed by atoms with Crippen LogP contribution >= 0.6 is 0 Å². The number of nitrogens with one attached hydrogen (secondary N) is 1. The number of pyridine rings is 1. The molecule has 1 unspecified atom stereocenters. The van der Waals surface area contributed by atoms with Crippen molar-refractivity contribution in [2.24, 2.45) is 0 Å². The van der Waals surface area contributed by atoms with Gasteiger partial charge in [0, 0.05) is 10.8 Å². The van der Waals surface area contributed by atoms with E-state index >= 15 is 0 Å². The highest BCUT2D eigenvalue weighted by atomic mass is 32.2. The van der Waals surface area contributed by atoms with Crippen LogP contribution in [-0.4, -0.2) is 19.7 Å². The lowest BCUT2D eigenvalue weighted by atomic mass is 10.0. The molecule has 100 valence electrons. The Morgan fingerprint density at radius 3 is 2.00 bits per heavy atom. The van der Waals surface area contributed by atoms with Gasteiger partial charge in [0.15, 0.2) is 0 Å². The van der Waals surface area contributed by atoms with Gasteiger partial charge in [0.1, 0.15) is 0 Å². The summed E-state index contributed by atoms with van der Waals surface area (Å²) in [7, 11) is 0. The van der Waals surface area contributed by atoms with Crippen LogP contribution in [0.25, 0.3) is 21.8 Å². The summed E-state index contributed by atoms with van der Waals surface area (Å²) in [6.45, 7) is 0. The van der Waals surface area contributed by atoms with Gasteiger partial charge >= 0.3 is 0 Å². The molecule has 0 spiro atoms. The molecular formula is C14H10N2O3S. The van der Waals surface area contributed by atoms with Crippen molar-refractivity contribution >= 4 is 39.0 Å². The number of nitrogens with zero attached hydrogens (tertiary/aromatic N) is 1. The van der Waals surface area contributed by atoms with Gasteiger partial charge in [-0.25, -0.2) is 13.9 Å². The average Bonchev–Trinajstić information content (AvgIpc) is 2.43. The van der Waals surface area contributed by atoms with E-state index < -0.39 is 17.2 Å². The maximum absolute atomic E-state index is 12.2. The lowest BCUT2D eigenvalue weighted by Gasteiger charge is -2.09. The normalized spacial score (nSPS) is 12.4. The van der Waals surface area contributed by atoms with Crippen molar-refractivity contribution in [3.63, 3.8) is 0 Å². The molecule has 0 aliphatic heterocycles. The van der Waals surface area contributed by atoms with E-state index in [1.165, 1.54) is 0 Å². The van der Waals surface area contributed by atoms with E-state index in [2.05, 4.69) is 4.98 Å². The topological polar surface area (TPSA) is 79.3 Å². The zero-order valence-electron chi connectivity index (χ0n) is 10.2. The third kappa shape index (κ3) is 2.15. The van der Waals surface area contributed by atoms with Crippen molar-refractivity contribution in [3.05, 3.63) is 54.1 Å². The van der Waals surface area contributed by atoms with Crippen molar-refractivity contribution in [2.45, 2.75) is 0 Å². The molecule has 1 heterocycles. The molecule has 2 N–H and O–H groups in total. The number of aromatic nitrogens is 1. The van der Waals surface area contributed by atoms with Crippen LogP contribution in [-0.2, 0) is 11.3 Å². The summed E-state index contributed by atoms with van der Waals surface area (Å²) in [6, 6.07) is 14.4. The van der Waals surface area contributed by atoms with Crippen molar-refractivity contribution in [1.82, 2.24) is 9.71 Å². The van der Waals surface area contributed by atoms with E-state index in [-0.39, 0.29) is 0 Å². The number of fused-ring (bicyclic) bond motifs is 2. The summed E-state index contributed by atoms with van der Waals surface area (Å²) in [5.41, 5.74) is 1.69. The molecule has 0 radical (unpaired) electrons. The van der Waals surface area contributed by atoms with Crippen molar-refractivity contribution in [3.8, 4) is 0 Å². The van der Waals surface area contributed by atoms with Gasteiger partial charge in [-0.15, -0.1) is 0 Å². The molecule has 0 bridgehead atoms. The molecule has 3 aromatic rings. The Balaban J connectivity index is 2.39. The summed E-state index contributed by atoms with van der Waals surface area (Å²) < 4.78 is 21.7. The first-order valence-corrected chi connectivity index (χ1v) is 6.97. The smallest absolute Gasteiger partial charge is 0.266 e. The number of amides is 1. The Kier molecular flexibility index (Phi) is 3.17. The first-order chi connectivity index (χ1) is 9.66. The van der Waals surface area contributed by atoms with E-state index in [1.807, 2.05) is 16.9 Å². The second kappa shape index (κ2) is 4.99. The number of para-hydroxylation sites is 2. The molecule has 0 aliphatic carbocycles. The fourth-order valence-corrected chi connectivity index (χ4v) is 2.48. The molecule has 0 saturated heterocycles. The maximum Gasteiger partial charge on any atom is 0.266 e. The third-order valence-electron chi connectivity index (χ3n) is 2.99. The molecule has 1 amide bonds. The predicted octanol–water partition coefficient (Wildman–Crippen LogP) is 2.25. The monoisotopic (exact) mass is 286 g/mol. The van der Waals surface area contributed by atoms with Crippen LogP contribution in [0.15, 0.2) is 48.5 Å². The molecule has 5 nitrogen and oxygen atoms in total. The van der Waals surface area contributed by atoms with Crippen LogP contribution in [0.2, 0.25) is 0 Å². The van der Waals surface area contributed by atoms with Crippen LogP contribution in [0.3, 0.4) is 0 Å². The molecule has 2 aromatic carbocycles. The quantitative estimate of drug-likeness (QED) is 0.559. The molecule has 0 saturated carbocycles. The number of hydrogen-bond donors (Lipinski definition) is 2. The van der Waals surface area contributed by atoms with Gasteiger partial charge in [0.05, 0.1) is 16.6 Å². The van der Waals surface area contributed by atoms with Crippen molar-refractivity contribution < 1.29 is 13.6 Å². The van der Waals surface area contributed by atoms with Crippen LogP contribution in [0.5, 0.6) is 0 Å². The second-order valence-electron chi connectivity index (χ2n) is 4.20. The third-order valence-corrected chi connectivity index (χ3v) is 3.35. The van der Waals surface area contributed by atoms with E-state index in [9.17, 15) is 9.00 Å². The summed E-state index contributed by atoms with van der Waals surface area (Å²) in [5.74, 6) is -0.597. The molecule has 20 heavy (non-hydrogen) atoms. The van der Waals surface area contributed by atoms with Crippen LogP contribution in [0, 0.1) is 0 Å². The van der Waals surface area contributed by atoms with Gasteiger partial charge in [0.25, 0.3) is 17.2 Å². The Bertz CT molecular complexity index is 794. The van der Waals surface area contributed by atoms with Gasteiger partial charge < -0.3 is 0 Å². The Hall–Kier alpha value is -2.31. The van der Waals surface area contributed by atoms with E-state index in [0.717, 1.165) is 0 Å². The van der Waals surface area contributed by atoms with E-state index in [4.69, 9.17) is 4.55 Å². The zero-order valence-corrected chi connectivity index (χ0v) is 11.1. The van der Waals surface area contributed by atoms with Crippen LogP contribution in [0.4, 0.5) is 0 Å². The molecule has 6 heteroatoms. The highest BCUT2D eigenvalue weighted by molar-refractivity contribution is 7.77. The highest BCUT2D eigenvalue weighted by Gasteiger charge is 2.16. The standard InChI is InChI=1S/C14H10N2O3S/c17-14(16-20(18)19)13-9-5-1-3-7-11(9)15-12-8-4-2-6-10(12)13/h1-8H,(H,16,17)(H,18,19).